The van der Waals surface area contributed by atoms with E-state index in [1.807, 2.05) is 13.8 Å². The minimum absolute atomic E-state index is 0.0905. The van der Waals surface area contributed by atoms with Crippen LogP contribution in [0.4, 0.5) is 0 Å². The first-order valence-corrected chi connectivity index (χ1v) is 5.06. The molecule has 2 unspecified atom stereocenters. The number of hydrogen-bond acceptors (Lipinski definition) is 4. The van der Waals surface area contributed by atoms with Crippen molar-refractivity contribution in [3.8, 4) is 0 Å². The summed E-state index contributed by atoms with van der Waals surface area (Å²) in [5.41, 5.74) is -0.0905. The number of rotatable bonds is 8. The highest BCUT2D eigenvalue weighted by Gasteiger charge is 2.20. The van der Waals surface area contributed by atoms with Crippen LogP contribution in [0.25, 0.3) is 0 Å². The number of ether oxygens (including phenoxy) is 1. The SMILES string of the molecule is CCC(C)(CO)CNCC(O)COC. The molecule has 14 heavy (non-hydrogen) atoms. The Labute approximate surface area is 86.3 Å². The Morgan fingerprint density at radius 1 is 1.50 bits per heavy atom. The molecule has 4 nitrogen and oxygen atoms in total. The van der Waals surface area contributed by atoms with Gasteiger partial charge in [-0.1, -0.05) is 13.8 Å². The van der Waals surface area contributed by atoms with Crippen LogP contribution >= 0.6 is 0 Å². The van der Waals surface area contributed by atoms with Crippen LogP contribution in [0, 0.1) is 5.41 Å². The standard InChI is InChI=1S/C10H23NO3/c1-4-10(2,8-12)7-11-5-9(13)6-14-3/h9,11-13H,4-8H2,1-3H3. The molecule has 2 atom stereocenters. The van der Waals surface area contributed by atoms with Gasteiger partial charge in [0.1, 0.15) is 0 Å². The average molecular weight is 205 g/mol. The molecule has 0 rings (SSSR count). The molecule has 0 heterocycles. The Morgan fingerprint density at radius 3 is 2.57 bits per heavy atom. The predicted octanol–water partition coefficient (Wildman–Crippen LogP) is -0.00810. The number of nitrogens with one attached hydrogen (secondary N) is 1. The van der Waals surface area contributed by atoms with E-state index in [-0.39, 0.29) is 12.0 Å². The molecule has 0 aliphatic heterocycles. The Kier molecular flexibility index (Phi) is 7.09. The molecule has 0 fully saturated rings. The third-order valence-electron chi connectivity index (χ3n) is 2.53. The van der Waals surface area contributed by atoms with Crippen LogP contribution in [-0.4, -0.2) is 49.7 Å². The predicted molar refractivity (Wildman–Crippen MR) is 56.2 cm³/mol. The van der Waals surface area contributed by atoms with Crippen molar-refractivity contribution in [1.29, 1.82) is 0 Å². The summed E-state index contributed by atoms with van der Waals surface area (Å²) in [5.74, 6) is 0. The highest BCUT2D eigenvalue weighted by atomic mass is 16.5. The summed E-state index contributed by atoms with van der Waals surface area (Å²) in [5, 5.41) is 21.6. The first-order chi connectivity index (χ1) is 6.58. The number of hydrogen-bond donors (Lipinski definition) is 3. The van der Waals surface area contributed by atoms with Crippen LogP contribution in [-0.2, 0) is 4.74 Å². The quantitative estimate of drug-likeness (QED) is 0.521. The average Bonchev–Trinajstić information content (AvgIpc) is 2.18. The van der Waals surface area contributed by atoms with E-state index in [1.54, 1.807) is 7.11 Å². The normalized spacial score (nSPS) is 17.8. The van der Waals surface area contributed by atoms with Crippen LogP contribution in [0.1, 0.15) is 20.3 Å². The van der Waals surface area contributed by atoms with Crippen LogP contribution in [0.3, 0.4) is 0 Å². The number of aliphatic hydroxyl groups excluding tert-OH is 2. The number of methoxy groups -OCH3 is 1. The van der Waals surface area contributed by atoms with Gasteiger partial charge in [-0.3, -0.25) is 0 Å². The Balaban J connectivity index is 3.61. The molecule has 0 radical (unpaired) electrons. The maximum atomic E-state index is 9.34. The monoisotopic (exact) mass is 205 g/mol. The van der Waals surface area contributed by atoms with E-state index in [1.165, 1.54) is 0 Å². The minimum atomic E-state index is -0.472. The third-order valence-corrected chi connectivity index (χ3v) is 2.53. The van der Waals surface area contributed by atoms with Gasteiger partial charge < -0.3 is 20.3 Å². The van der Waals surface area contributed by atoms with E-state index >= 15 is 0 Å². The first kappa shape index (κ1) is 13.8. The second-order valence-electron chi connectivity index (χ2n) is 4.06. The van der Waals surface area contributed by atoms with Crippen molar-refractivity contribution in [3.63, 3.8) is 0 Å². The second kappa shape index (κ2) is 7.17. The van der Waals surface area contributed by atoms with Crippen LogP contribution in [0.15, 0.2) is 0 Å². The van der Waals surface area contributed by atoms with Gasteiger partial charge in [0.05, 0.1) is 12.7 Å². The van der Waals surface area contributed by atoms with Crippen LogP contribution < -0.4 is 5.32 Å². The summed E-state index contributed by atoms with van der Waals surface area (Å²) >= 11 is 0. The zero-order chi connectivity index (χ0) is 11.0. The second-order valence-corrected chi connectivity index (χ2v) is 4.06. The van der Waals surface area contributed by atoms with E-state index in [4.69, 9.17) is 9.84 Å². The molecule has 3 N–H and O–H groups in total. The minimum Gasteiger partial charge on any atom is -0.396 e. The van der Waals surface area contributed by atoms with Gasteiger partial charge in [0.2, 0.25) is 0 Å². The topological polar surface area (TPSA) is 61.7 Å². The van der Waals surface area contributed by atoms with Gasteiger partial charge in [-0.05, 0) is 6.42 Å². The van der Waals surface area contributed by atoms with Crippen molar-refractivity contribution in [2.75, 3.05) is 33.4 Å². The zero-order valence-corrected chi connectivity index (χ0v) is 9.42. The Hall–Kier alpha value is -0.160. The molecule has 0 aromatic carbocycles. The first-order valence-electron chi connectivity index (χ1n) is 5.06. The van der Waals surface area contributed by atoms with Gasteiger partial charge in [0, 0.05) is 32.2 Å². The summed E-state index contributed by atoms with van der Waals surface area (Å²) in [6.45, 7) is 5.78. The zero-order valence-electron chi connectivity index (χ0n) is 9.42. The molecule has 0 spiro atoms. The Morgan fingerprint density at radius 2 is 2.14 bits per heavy atom. The summed E-state index contributed by atoms with van der Waals surface area (Å²) in [4.78, 5) is 0. The van der Waals surface area contributed by atoms with Gasteiger partial charge in [-0.2, -0.15) is 0 Å². The molecule has 0 saturated heterocycles. The number of aliphatic hydroxyl groups is 2. The molecular formula is C10H23NO3. The smallest absolute Gasteiger partial charge is 0.0897 e. The third kappa shape index (κ3) is 5.54. The van der Waals surface area contributed by atoms with Crippen molar-refractivity contribution < 1.29 is 14.9 Å². The van der Waals surface area contributed by atoms with E-state index in [0.29, 0.717) is 19.7 Å². The molecule has 0 aliphatic carbocycles. The fourth-order valence-electron chi connectivity index (χ4n) is 1.08. The lowest BCUT2D eigenvalue weighted by atomic mass is 9.88. The maximum Gasteiger partial charge on any atom is 0.0897 e. The van der Waals surface area contributed by atoms with Crippen molar-refractivity contribution in [1.82, 2.24) is 5.32 Å². The van der Waals surface area contributed by atoms with Crippen LogP contribution in [0.2, 0.25) is 0 Å². The Bertz CT molecular complexity index is 137. The molecule has 0 saturated carbocycles. The molecule has 0 aliphatic rings. The van der Waals surface area contributed by atoms with Crippen molar-refractivity contribution in [2.24, 2.45) is 5.41 Å². The molecule has 0 bridgehead atoms. The fraction of sp³-hybridized carbons (Fsp3) is 1.00. The van der Waals surface area contributed by atoms with Gasteiger partial charge in [-0.25, -0.2) is 0 Å². The maximum absolute atomic E-state index is 9.34. The molecule has 0 amide bonds. The molecular weight excluding hydrogens is 182 g/mol. The van der Waals surface area contributed by atoms with Gasteiger partial charge in [-0.15, -0.1) is 0 Å². The van der Waals surface area contributed by atoms with Gasteiger partial charge >= 0.3 is 0 Å². The molecule has 86 valence electrons. The summed E-state index contributed by atoms with van der Waals surface area (Å²) in [6.07, 6.45) is 0.441. The van der Waals surface area contributed by atoms with Crippen molar-refractivity contribution >= 4 is 0 Å². The molecule has 0 aromatic heterocycles. The van der Waals surface area contributed by atoms with E-state index in [0.717, 1.165) is 6.42 Å². The lowest BCUT2D eigenvalue weighted by Crippen LogP contribution is -2.39. The van der Waals surface area contributed by atoms with E-state index in [9.17, 15) is 5.11 Å². The van der Waals surface area contributed by atoms with Crippen molar-refractivity contribution in [3.05, 3.63) is 0 Å². The molecule has 0 aromatic rings. The lowest BCUT2D eigenvalue weighted by molar-refractivity contribution is 0.0597. The lowest BCUT2D eigenvalue weighted by Gasteiger charge is -2.26. The van der Waals surface area contributed by atoms with Crippen LogP contribution in [0.5, 0.6) is 0 Å². The van der Waals surface area contributed by atoms with E-state index < -0.39 is 6.10 Å². The summed E-state index contributed by atoms with van der Waals surface area (Å²) in [7, 11) is 1.56. The van der Waals surface area contributed by atoms with Gasteiger partial charge in [0.15, 0.2) is 0 Å². The highest BCUT2D eigenvalue weighted by molar-refractivity contribution is 4.74. The summed E-state index contributed by atoms with van der Waals surface area (Å²) in [6, 6.07) is 0. The molecule has 4 heteroatoms. The van der Waals surface area contributed by atoms with Gasteiger partial charge in [0.25, 0.3) is 0 Å². The largest absolute Gasteiger partial charge is 0.396 e. The van der Waals surface area contributed by atoms with E-state index in [2.05, 4.69) is 5.32 Å². The summed E-state index contributed by atoms with van der Waals surface area (Å²) < 4.78 is 4.80. The fourth-order valence-corrected chi connectivity index (χ4v) is 1.08. The van der Waals surface area contributed by atoms with Crippen molar-refractivity contribution in [2.45, 2.75) is 26.4 Å². The highest BCUT2D eigenvalue weighted by Crippen LogP contribution is 2.18.